The summed E-state index contributed by atoms with van der Waals surface area (Å²) in [4.78, 5) is 2.28. The molecule has 1 unspecified atom stereocenters. The number of hydrogen-bond donors (Lipinski definition) is 1. The molecule has 0 aliphatic heterocycles. The summed E-state index contributed by atoms with van der Waals surface area (Å²) in [5.41, 5.74) is 0.368. The zero-order chi connectivity index (χ0) is 13.1. The van der Waals surface area contributed by atoms with Crippen molar-refractivity contribution in [2.24, 2.45) is 5.41 Å². The third kappa shape index (κ3) is 3.96. The molecule has 0 radical (unpaired) electrons. The average Bonchev–Trinajstić information content (AvgIpc) is 2.25. The monoisotopic (exact) mass is 241 g/mol. The number of hydrogen-bond acceptors (Lipinski definition) is 2. The van der Waals surface area contributed by atoms with Crippen LogP contribution in [0.25, 0.3) is 0 Å². The molecule has 0 aromatic heterocycles. The summed E-state index contributed by atoms with van der Waals surface area (Å²) in [6.45, 7) is 6.76. The van der Waals surface area contributed by atoms with E-state index in [9.17, 15) is 5.11 Å². The van der Waals surface area contributed by atoms with E-state index in [2.05, 4.69) is 39.8 Å². The van der Waals surface area contributed by atoms with Gasteiger partial charge >= 0.3 is 0 Å². The van der Waals surface area contributed by atoms with Gasteiger partial charge in [-0.2, -0.15) is 0 Å². The van der Waals surface area contributed by atoms with Gasteiger partial charge in [-0.25, -0.2) is 0 Å². The van der Waals surface area contributed by atoms with Crippen LogP contribution in [0.2, 0.25) is 0 Å². The predicted octanol–water partition coefficient (Wildman–Crippen LogP) is 3.44. The van der Waals surface area contributed by atoms with Crippen LogP contribution >= 0.6 is 0 Å². The molecular weight excluding hydrogens is 210 g/mol. The second-order valence-corrected chi connectivity index (χ2v) is 7.17. The highest BCUT2D eigenvalue weighted by Gasteiger charge is 2.40. The predicted molar refractivity (Wildman–Crippen MR) is 74.2 cm³/mol. The molecule has 1 rings (SSSR count). The maximum atomic E-state index is 10.6. The average molecular weight is 241 g/mol. The Labute approximate surface area is 107 Å². The zero-order valence-corrected chi connectivity index (χ0v) is 12.4. The summed E-state index contributed by atoms with van der Waals surface area (Å²) in [7, 11) is 4.26. The molecule has 1 fully saturated rings. The number of aliphatic hydroxyl groups excluding tert-OH is 1. The fourth-order valence-corrected chi connectivity index (χ4v) is 3.08. The Morgan fingerprint density at radius 1 is 1.12 bits per heavy atom. The van der Waals surface area contributed by atoms with Crippen molar-refractivity contribution in [1.82, 2.24) is 4.90 Å². The molecule has 1 saturated carbocycles. The lowest BCUT2D eigenvalue weighted by Crippen LogP contribution is -2.54. The second-order valence-electron chi connectivity index (χ2n) is 7.17. The lowest BCUT2D eigenvalue weighted by atomic mass is 9.74. The number of nitrogens with zero attached hydrogens (tertiary/aromatic N) is 1. The Hall–Kier alpha value is -0.0800. The molecule has 0 bridgehead atoms. The summed E-state index contributed by atoms with van der Waals surface area (Å²) in [5, 5.41) is 10.6. The van der Waals surface area contributed by atoms with Gasteiger partial charge in [0.05, 0.1) is 6.10 Å². The van der Waals surface area contributed by atoms with Crippen LogP contribution in [0.4, 0.5) is 0 Å². The van der Waals surface area contributed by atoms with Gasteiger partial charge in [-0.3, -0.25) is 0 Å². The SMILES string of the molecule is CN(C)C1(C(O)CCC(C)(C)C)CCCCC1. The fraction of sp³-hybridized carbons (Fsp3) is 1.00. The molecule has 1 atom stereocenters. The summed E-state index contributed by atoms with van der Waals surface area (Å²) in [6.07, 6.45) is 8.05. The molecule has 102 valence electrons. The van der Waals surface area contributed by atoms with Crippen LogP contribution in [0.3, 0.4) is 0 Å². The maximum Gasteiger partial charge on any atom is 0.0723 e. The van der Waals surface area contributed by atoms with Crippen LogP contribution in [-0.4, -0.2) is 35.7 Å². The highest BCUT2D eigenvalue weighted by Crippen LogP contribution is 2.37. The first kappa shape index (κ1) is 15.0. The smallest absolute Gasteiger partial charge is 0.0723 e. The first-order valence-electron chi connectivity index (χ1n) is 7.13. The lowest BCUT2D eigenvalue weighted by Gasteiger charge is -2.47. The van der Waals surface area contributed by atoms with Crippen molar-refractivity contribution in [3.05, 3.63) is 0 Å². The molecule has 0 spiro atoms. The van der Waals surface area contributed by atoms with Crippen LogP contribution in [0, 0.1) is 5.41 Å². The van der Waals surface area contributed by atoms with E-state index in [4.69, 9.17) is 0 Å². The minimum absolute atomic E-state index is 0.0451. The van der Waals surface area contributed by atoms with Gasteiger partial charge in [0, 0.05) is 5.54 Å². The van der Waals surface area contributed by atoms with Crippen molar-refractivity contribution in [3.63, 3.8) is 0 Å². The van der Waals surface area contributed by atoms with Crippen LogP contribution in [-0.2, 0) is 0 Å². The van der Waals surface area contributed by atoms with E-state index in [1.54, 1.807) is 0 Å². The summed E-state index contributed by atoms with van der Waals surface area (Å²) in [5.74, 6) is 0. The van der Waals surface area contributed by atoms with E-state index in [0.29, 0.717) is 5.41 Å². The van der Waals surface area contributed by atoms with Gasteiger partial charge < -0.3 is 10.0 Å². The normalized spacial score (nSPS) is 22.8. The molecule has 0 heterocycles. The van der Waals surface area contributed by atoms with Gasteiger partial charge in [-0.15, -0.1) is 0 Å². The minimum atomic E-state index is -0.169. The summed E-state index contributed by atoms with van der Waals surface area (Å²) < 4.78 is 0. The van der Waals surface area contributed by atoms with Crippen LogP contribution in [0.5, 0.6) is 0 Å². The molecule has 17 heavy (non-hydrogen) atoms. The topological polar surface area (TPSA) is 23.5 Å². The van der Waals surface area contributed by atoms with Gasteiger partial charge in [-0.05, 0) is 45.2 Å². The Balaban J connectivity index is 2.63. The van der Waals surface area contributed by atoms with Gasteiger partial charge in [0.15, 0.2) is 0 Å². The van der Waals surface area contributed by atoms with E-state index >= 15 is 0 Å². The molecule has 1 N–H and O–H groups in total. The molecule has 0 aromatic rings. The van der Waals surface area contributed by atoms with Gasteiger partial charge in [-0.1, -0.05) is 40.0 Å². The number of aliphatic hydroxyl groups is 1. The summed E-state index contributed by atoms with van der Waals surface area (Å²) >= 11 is 0. The highest BCUT2D eigenvalue weighted by molar-refractivity contribution is 4.97. The molecule has 0 amide bonds. The maximum absolute atomic E-state index is 10.6. The van der Waals surface area contributed by atoms with E-state index in [-0.39, 0.29) is 11.6 Å². The van der Waals surface area contributed by atoms with Gasteiger partial charge in [0.25, 0.3) is 0 Å². The molecule has 2 nitrogen and oxygen atoms in total. The van der Waals surface area contributed by atoms with E-state index in [0.717, 1.165) is 25.7 Å². The first-order chi connectivity index (χ1) is 7.78. The highest BCUT2D eigenvalue weighted by atomic mass is 16.3. The third-order valence-corrected chi connectivity index (χ3v) is 4.40. The van der Waals surface area contributed by atoms with Crippen molar-refractivity contribution in [3.8, 4) is 0 Å². The standard InChI is InChI=1S/C15H31NO/c1-14(2,3)12-9-13(17)15(16(4)5)10-7-6-8-11-15/h13,17H,6-12H2,1-5H3. The van der Waals surface area contributed by atoms with Gasteiger partial charge in [0.2, 0.25) is 0 Å². The Morgan fingerprint density at radius 3 is 2.06 bits per heavy atom. The molecule has 0 aromatic carbocycles. The largest absolute Gasteiger partial charge is 0.391 e. The van der Waals surface area contributed by atoms with Crippen molar-refractivity contribution in [1.29, 1.82) is 0 Å². The minimum Gasteiger partial charge on any atom is -0.391 e. The van der Waals surface area contributed by atoms with Gasteiger partial charge in [0.1, 0.15) is 0 Å². The van der Waals surface area contributed by atoms with Crippen molar-refractivity contribution >= 4 is 0 Å². The molecule has 2 heteroatoms. The van der Waals surface area contributed by atoms with Crippen LogP contribution < -0.4 is 0 Å². The quantitative estimate of drug-likeness (QED) is 0.815. The molecule has 1 aliphatic carbocycles. The van der Waals surface area contributed by atoms with Crippen molar-refractivity contribution in [2.75, 3.05) is 14.1 Å². The lowest BCUT2D eigenvalue weighted by molar-refractivity contribution is -0.0398. The van der Waals surface area contributed by atoms with E-state index in [1.165, 1.54) is 19.3 Å². The van der Waals surface area contributed by atoms with Crippen molar-refractivity contribution < 1.29 is 5.11 Å². The zero-order valence-electron chi connectivity index (χ0n) is 12.4. The second kappa shape index (κ2) is 5.71. The van der Waals surface area contributed by atoms with E-state index in [1.807, 2.05) is 0 Å². The first-order valence-corrected chi connectivity index (χ1v) is 7.13. The van der Waals surface area contributed by atoms with Crippen LogP contribution in [0.1, 0.15) is 65.7 Å². The fourth-order valence-electron chi connectivity index (χ4n) is 3.08. The molecule has 1 aliphatic rings. The Kier molecular flexibility index (Phi) is 5.03. The van der Waals surface area contributed by atoms with E-state index < -0.39 is 0 Å². The number of rotatable bonds is 4. The summed E-state index contributed by atoms with van der Waals surface area (Å²) in [6, 6.07) is 0. The van der Waals surface area contributed by atoms with Crippen molar-refractivity contribution in [2.45, 2.75) is 77.4 Å². The molecule has 0 saturated heterocycles. The molecular formula is C15H31NO. The number of likely N-dealkylation sites (N-methyl/N-ethyl adjacent to an activating group) is 1. The Bertz CT molecular complexity index is 224. The Morgan fingerprint density at radius 2 is 1.65 bits per heavy atom. The third-order valence-electron chi connectivity index (χ3n) is 4.40. The van der Waals surface area contributed by atoms with Crippen LogP contribution in [0.15, 0.2) is 0 Å².